The van der Waals surface area contributed by atoms with E-state index in [9.17, 15) is 14.7 Å². The van der Waals surface area contributed by atoms with Crippen molar-refractivity contribution in [2.75, 3.05) is 0 Å². The van der Waals surface area contributed by atoms with Crippen LogP contribution in [0.25, 0.3) is 0 Å². The van der Waals surface area contributed by atoms with Gasteiger partial charge in [0.25, 0.3) is 0 Å². The first-order chi connectivity index (χ1) is 9.11. The number of fused-ring (bicyclic) bond motifs is 2. The molecule has 3 atom stereocenters. The summed E-state index contributed by atoms with van der Waals surface area (Å²) in [7, 11) is 0. The molecule has 0 radical (unpaired) electrons. The standard InChI is InChI=1S/C17H26O3/c1-10(2)8-11(15(19)20)9-12-13-6-7-17(5,14(12)18)16(13,3)4/h9-11,13H,6-8H2,1-5H3,(H,19,20)/p-1/b12-9+/t11-,13-,17+/m0/s1. The lowest BCUT2D eigenvalue weighted by Crippen LogP contribution is -2.33. The van der Waals surface area contributed by atoms with Gasteiger partial charge in [0.1, 0.15) is 0 Å². The third kappa shape index (κ3) is 2.02. The van der Waals surface area contributed by atoms with Gasteiger partial charge in [-0.1, -0.05) is 40.7 Å². The summed E-state index contributed by atoms with van der Waals surface area (Å²) in [5.41, 5.74) is 0.362. The van der Waals surface area contributed by atoms with E-state index in [-0.39, 0.29) is 28.4 Å². The van der Waals surface area contributed by atoms with Gasteiger partial charge in [0.15, 0.2) is 5.78 Å². The average molecular weight is 277 g/mol. The molecule has 3 heteroatoms. The Hall–Kier alpha value is -1.12. The molecule has 2 aliphatic carbocycles. The summed E-state index contributed by atoms with van der Waals surface area (Å²) in [6.45, 7) is 10.3. The quantitative estimate of drug-likeness (QED) is 0.741. The monoisotopic (exact) mass is 277 g/mol. The van der Waals surface area contributed by atoms with Gasteiger partial charge in [0.05, 0.1) is 0 Å². The highest BCUT2D eigenvalue weighted by Gasteiger charge is 2.63. The fourth-order valence-corrected chi connectivity index (χ4v) is 4.08. The van der Waals surface area contributed by atoms with Gasteiger partial charge in [0.2, 0.25) is 0 Å². The number of carboxylic acids is 1. The number of aliphatic carboxylic acids is 1. The lowest BCUT2D eigenvalue weighted by Gasteiger charge is -2.31. The van der Waals surface area contributed by atoms with Crippen LogP contribution in [-0.4, -0.2) is 11.8 Å². The van der Waals surface area contributed by atoms with Gasteiger partial charge in [-0.15, -0.1) is 0 Å². The summed E-state index contributed by atoms with van der Waals surface area (Å²) in [5.74, 6) is -1.08. The number of carbonyl (C=O) groups excluding carboxylic acids is 2. The molecule has 0 aliphatic heterocycles. The van der Waals surface area contributed by atoms with Gasteiger partial charge in [0, 0.05) is 17.3 Å². The van der Waals surface area contributed by atoms with Crippen molar-refractivity contribution in [3.8, 4) is 0 Å². The summed E-state index contributed by atoms with van der Waals surface area (Å²) in [4.78, 5) is 24.0. The van der Waals surface area contributed by atoms with Crippen LogP contribution in [0.15, 0.2) is 11.6 Å². The van der Waals surface area contributed by atoms with E-state index in [1.165, 1.54) is 0 Å². The van der Waals surface area contributed by atoms with Crippen LogP contribution < -0.4 is 5.11 Å². The number of ketones is 1. The highest BCUT2D eigenvalue weighted by Crippen LogP contribution is 2.65. The van der Waals surface area contributed by atoms with E-state index in [0.717, 1.165) is 18.4 Å². The molecule has 2 fully saturated rings. The number of Topliss-reactive ketones (excluding diaryl/α,β-unsaturated/α-hetero) is 1. The van der Waals surface area contributed by atoms with E-state index in [1.54, 1.807) is 6.08 Å². The second-order valence-electron chi connectivity index (χ2n) is 7.65. The number of rotatable bonds is 4. The molecule has 2 aliphatic rings. The van der Waals surface area contributed by atoms with Crippen LogP contribution in [0.1, 0.15) is 53.9 Å². The summed E-state index contributed by atoms with van der Waals surface area (Å²) in [6.07, 6.45) is 4.14. The number of carboxylic acid groups (broad SMARTS) is 1. The Morgan fingerprint density at radius 1 is 1.40 bits per heavy atom. The smallest absolute Gasteiger partial charge is 0.165 e. The predicted molar refractivity (Wildman–Crippen MR) is 75.7 cm³/mol. The van der Waals surface area contributed by atoms with E-state index in [0.29, 0.717) is 6.42 Å². The Morgan fingerprint density at radius 2 is 2.00 bits per heavy atom. The molecule has 0 aromatic rings. The number of allylic oxidation sites excluding steroid dienone is 1. The van der Waals surface area contributed by atoms with Gasteiger partial charge in [-0.25, -0.2) is 0 Å². The van der Waals surface area contributed by atoms with Gasteiger partial charge in [-0.05, 0) is 42.1 Å². The van der Waals surface area contributed by atoms with Crippen molar-refractivity contribution >= 4 is 11.8 Å². The van der Waals surface area contributed by atoms with Crippen LogP contribution in [0.3, 0.4) is 0 Å². The molecular formula is C17H25O3-. The van der Waals surface area contributed by atoms with E-state index in [2.05, 4.69) is 13.8 Å². The van der Waals surface area contributed by atoms with Crippen molar-refractivity contribution in [3.05, 3.63) is 11.6 Å². The first kappa shape index (κ1) is 15.3. The molecule has 2 saturated carbocycles. The van der Waals surface area contributed by atoms with Crippen LogP contribution >= 0.6 is 0 Å². The molecule has 0 spiro atoms. The topological polar surface area (TPSA) is 57.2 Å². The minimum Gasteiger partial charge on any atom is -0.550 e. The number of hydrogen-bond acceptors (Lipinski definition) is 3. The molecule has 0 aromatic heterocycles. The zero-order valence-corrected chi connectivity index (χ0v) is 13.2. The lowest BCUT2D eigenvalue weighted by molar-refractivity contribution is -0.310. The largest absolute Gasteiger partial charge is 0.550 e. The molecule has 0 saturated heterocycles. The van der Waals surface area contributed by atoms with Crippen LogP contribution in [-0.2, 0) is 9.59 Å². The van der Waals surface area contributed by atoms with Crippen LogP contribution in [0.2, 0.25) is 0 Å². The summed E-state index contributed by atoms with van der Waals surface area (Å²) >= 11 is 0. The predicted octanol–water partition coefficient (Wildman–Crippen LogP) is 2.35. The van der Waals surface area contributed by atoms with Crippen LogP contribution in [0, 0.1) is 28.6 Å². The molecule has 0 unspecified atom stereocenters. The highest BCUT2D eigenvalue weighted by molar-refractivity contribution is 6.05. The fraction of sp³-hybridized carbons (Fsp3) is 0.765. The summed E-state index contributed by atoms with van der Waals surface area (Å²) < 4.78 is 0. The minimum atomic E-state index is -1.07. The molecular weight excluding hydrogens is 252 g/mol. The lowest BCUT2D eigenvalue weighted by atomic mass is 9.70. The highest BCUT2D eigenvalue weighted by atomic mass is 16.4. The zero-order valence-electron chi connectivity index (χ0n) is 13.2. The SMILES string of the molecule is CC(C)C[C@@H](/C=C1/C(=O)[C@@]2(C)CC[C@@H]1C2(C)C)C(=O)[O-]. The van der Waals surface area contributed by atoms with Crippen molar-refractivity contribution in [2.45, 2.75) is 53.9 Å². The maximum Gasteiger partial charge on any atom is 0.165 e. The Kier molecular flexibility index (Phi) is 3.60. The third-order valence-electron chi connectivity index (χ3n) is 5.77. The van der Waals surface area contributed by atoms with Gasteiger partial charge < -0.3 is 9.90 Å². The van der Waals surface area contributed by atoms with E-state index in [4.69, 9.17) is 0 Å². The number of carbonyl (C=O) groups is 2. The molecule has 0 N–H and O–H groups in total. The second-order valence-corrected chi connectivity index (χ2v) is 7.65. The van der Waals surface area contributed by atoms with Crippen molar-refractivity contribution in [1.82, 2.24) is 0 Å². The van der Waals surface area contributed by atoms with Crippen molar-refractivity contribution < 1.29 is 14.7 Å². The molecule has 20 heavy (non-hydrogen) atoms. The van der Waals surface area contributed by atoms with E-state index >= 15 is 0 Å². The maximum absolute atomic E-state index is 12.7. The van der Waals surface area contributed by atoms with E-state index < -0.39 is 11.9 Å². The van der Waals surface area contributed by atoms with Crippen LogP contribution in [0.5, 0.6) is 0 Å². The minimum absolute atomic E-state index is 0.0652. The zero-order chi connectivity index (χ0) is 15.3. The van der Waals surface area contributed by atoms with Gasteiger partial charge >= 0.3 is 0 Å². The Labute approximate surface area is 121 Å². The van der Waals surface area contributed by atoms with Crippen molar-refractivity contribution in [2.24, 2.45) is 28.6 Å². The second kappa shape index (κ2) is 4.71. The normalized spacial score (nSPS) is 35.0. The Bertz CT molecular complexity index is 473. The first-order valence-electron chi connectivity index (χ1n) is 7.58. The maximum atomic E-state index is 12.7. The van der Waals surface area contributed by atoms with Crippen molar-refractivity contribution in [3.63, 3.8) is 0 Å². The molecule has 0 amide bonds. The Balaban J connectivity index is 2.36. The molecule has 2 rings (SSSR count). The summed E-state index contributed by atoms with van der Waals surface area (Å²) in [6, 6.07) is 0. The molecule has 112 valence electrons. The van der Waals surface area contributed by atoms with Gasteiger partial charge in [-0.2, -0.15) is 0 Å². The molecule has 0 aromatic carbocycles. The van der Waals surface area contributed by atoms with E-state index in [1.807, 2.05) is 20.8 Å². The van der Waals surface area contributed by atoms with Gasteiger partial charge in [-0.3, -0.25) is 4.79 Å². The van der Waals surface area contributed by atoms with Crippen molar-refractivity contribution in [1.29, 1.82) is 0 Å². The average Bonchev–Trinajstić information content (AvgIpc) is 2.62. The molecule has 3 nitrogen and oxygen atoms in total. The Morgan fingerprint density at radius 3 is 2.40 bits per heavy atom. The molecule has 2 bridgehead atoms. The first-order valence-corrected chi connectivity index (χ1v) is 7.58. The fourth-order valence-electron chi connectivity index (χ4n) is 4.08. The molecule has 0 heterocycles. The third-order valence-corrected chi connectivity index (χ3v) is 5.77. The number of hydrogen-bond donors (Lipinski definition) is 0. The summed E-state index contributed by atoms with van der Waals surface area (Å²) in [5, 5.41) is 11.3. The van der Waals surface area contributed by atoms with Crippen LogP contribution in [0.4, 0.5) is 0 Å².